The summed E-state index contributed by atoms with van der Waals surface area (Å²) in [5, 5.41) is 0. The molecule has 0 heterocycles. The van der Waals surface area contributed by atoms with Crippen molar-refractivity contribution in [2.45, 2.75) is 0 Å². The first-order chi connectivity index (χ1) is 0. The fourth-order valence-corrected chi connectivity index (χ4v) is 0. The molecule has 0 fully saturated rings. The van der Waals surface area contributed by atoms with E-state index in [1.54, 1.807) is 0 Å². The second kappa shape index (κ2) is 54.0. The van der Waals surface area contributed by atoms with Crippen molar-refractivity contribution in [2.75, 3.05) is 0 Å². The van der Waals surface area contributed by atoms with Crippen molar-refractivity contribution in [3.63, 3.8) is 0 Å². The van der Waals surface area contributed by atoms with E-state index in [1.807, 2.05) is 0 Å². The third-order valence-corrected chi connectivity index (χ3v) is 0. The Hall–Kier alpha value is 3.67. The molecule has 0 unspecified atom stereocenters. The van der Waals surface area contributed by atoms with Crippen LogP contribution >= 0.6 is 39.6 Å². The Morgan fingerprint density at radius 2 is 0.286 bits per heavy atom. The van der Waals surface area contributed by atoms with Gasteiger partial charge in [0.2, 0.25) is 0 Å². The average Bonchev–Trinajstić information content (AvgIpc) is 0. The van der Waals surface area contributed by atoms with Crippen molar-refractivity contribution in [1.29, 1.82) is 0 Å². The molecule has 0 aliphatic rings. The minimum atomic E-state index is 0. The summed E-state index contributed by atoms with van der Waals surface area (Å²) in [4.78, 5) is 0. The Morgan fingerprint density at radius 3 is 0.286 bits per heavy atom. The van der Waals surface area contributed by atoms with Crippen LogP contribution in [0.1, 0.15) is 0 Å². The van der Waals surface area contributed by atoms with Gasteiger partial charge in [-0.1, -0.05) is 0 Å². The van der Waals surface area contributed by atoms with Crippen LogP contribution in [-0.2, 0) is 60.3 Å². The minimum Gasteiger partial charge on any atom is -3.00 e. The van der Waals surface area contributed by atoms with Gasteiger partial charge in [0, 0.05) is 0 Å². The molecule has 0 amide bonds. The molecule has 0 rings (SSSR count). The summed E-state index contributed by atoms with van der Waals surface area (Å²) < 4.78 is 0. The zero-order valence-corrected chi connectivity index (χ0v) is 13.6. The van der Waals surface area contributed by atoms with Crippen molar-refractivity contribution in [2.24, 2.45) is 0 Å². The monoisotopic (exact) mass is 703 g/mol. The van der Waals surface area contributed by atoms with Crippen LogP contribution in [0.5, 0.6) is 0 Å². The minimum absolute atomic E-state index is 0. The van der Waals surface area contributed by atoms with Gasteiger partial charge in [-0.3, -0.25) is 0 Å². The fourth-order valence-electron chi connectivity index (χ4n) is 0. The molecule has 0 aromatic heterocycles. The second-order valence-electron chi connectivity index (χ2n) is 0. The van der Waals surface area contributed by atoms with Crippen molar-refractivity contribution in [1.82, 2.24) is 0 Å². The molecule has 0 aromatic carbocycles. The van der Waals surface area contributed by atoms with Gasteiger partial charge >= 0.3 is 60.3 Å². The first-order valence-electron chi connectivity index (χ1n) is 0. The molecule has 0 bridgehead atoms. The van der Waals surface area contributed by atoms with Crippen LogP contribution in [-0.4, -0.2) is 0 Å². The van der Waals surface area contributed by atoms with Gasteiger partial charge < -0.3 is 39.6 Å². The van der Waals surface area contributed by atoms with Gasteiger partial charge in [-0.15, -0.1) is 0 Å². The molecule has 0 saturated carbocycles. The molecular weight excluding hydrogens is 701 g/mol. The van der Waals surface area contributed by atoms with E-state index in [0.717, 1.165) is 0 Å². The average molecular weight is 701 g/mol. The number of hydrogen-bond donors (Lipinski definition) is 0. The second-order valence-corrected chi connectivity index (χ2v) is 0. The van der Waals surface area contributed by atoms with E-state index >= 15 is 0 Å². The summed E-state index contributed by atoms with van der Waals surface area (Å²) in [5.74, 6) is 0. The predicted molar refractivity (Wildman–Crippen MR) is 27.7 cm³/mol. The van der Waals surface area contributed by atoms with Gasteiger partial charge in [-0.25, -0.2) is 0 Å². The van der Waals surface area contributed by atoms with E-state index in [4.69, 9.17) is 0 Å². The zero-order chi connectivity index (χ0) is 0. The maximum Gasteiger partial charge on any atom is 4.00 e. The first-order valence-corrected chi connectivity index (χ1v) is 0. The Balaban J connectivity index is 0. The molecule has 0 atom stereocenters. The molecule has 0 saturated heterocycles. The van der Waals surface area contributed by atoms with Gasteiger partial charge in [0.25, 0.3) is 0 Å². The topological polar surface area (TPSA) is 0 Å². The normalized spacial score (nSPS) is 0. The van der Waals surface area contributed by atoms with Crippen LogP contribution in [0.15, 0.2) is 0 Å². The molecule has 47 valence electrons. The third kappa shape index (κ3) is 42.3. The zero-order valence-electron chi connectivity index (χ0n) is 2.79. The van der Waals surface area contributed by atoms with Crippen molar-refractivity contribution in [3.05, 3.63) is 0 Å². The smallest absolute Gasteiger partial charge is 3.00 e. The summed E-state index contributed by atoms with van der Waals surface area (Å²) in [6.45, 7) is 0. The molecule has 0 aromatic rings. The molecule has 0 aliphatic carbocycles. The maximum absolute atomic E-state index is 0. The molecule has 0 spiro atoms. The molecule has 0 aliphatic heterocycles. The van der Waals surface area contributed by atoms with Crippen LogP contribution in [0.3, 0.4) is 0 Å². The summed E-state index contributed by atoms with van der Waals surface area (Å²) in [7, 11) is 0. The van der Waals surface area contributed by atoms with E-state index in [2.05, 4.69) is 0 Å². The first kappa shape index (κ1) is 74.1. The Bertz CT molecular complexity index is 6.90. The molecule has 0 nitrogen and oxygen atoms in total. The Labute approximate surface area is 98.8 Å². The van der Waals surface area contributed by atoms with E-state index in [9.17, 15) is 0 Å². The standard InChI is InChI=1S/3Ir.4P/q3*+4;4*-3. The van der Waals surface area contributed by atoms with Crippen molar-refractivity contribution in [3.8, 4) is 0 Å². The van der Waals surface area contributed by atoms with Crippen LogP contribution in [0.4, 0.5) is 0 Å². The molecule has 7 heteroatoms. The van der Waals surface area contributed by atoms with E-state index in [0.29, 0.717) is 0 Å². The van der Waals surface area contributed by atoms with Gasteiger partial charge in [0.05, 0.1) is 0 Å². The Kier molecular flexibility index (Phi) is 572. The molecule has 0 N–H and O–H groups in total. The van der Waals surface area contributed by atoms with Crippen LogP contribution < -0.4 is 0 Å². The fraction of sp³-hybridized carbons (Fsp3) is 0. The van der Waals surface area contributed by atoms with Gasteiger partial charge in [0.1, 0.15) is 0 Å². The summed E-state index contributed by atoms with van der Waals surface area (Å²) >= 11 is 0. The third-order valence-electron chi connectivity index (χ3n) is 0. The van der Waals surface area contributed by atoms with Crippen LogP contribution in [0, 0.1) is 0 Å². The largest absolute Gasteiger partial charge is 4.00 e. The summed E-state index contributed by atoms with van der Waals surface area (Å²) in [6.07, 6.45) is 0. The molecule has 7 heavy (non-hydrogen) atoms. The summed E-state index contributed by atoms with van der Waals surface area (Å²) in [5.41, 5.74) is 0. The van der Waals surface area contributed by atoms with Gasteiger partial charge in [0.15, 0.2) is 0 Å². The van der Waals surface area contributed by atoms with Crippen LogP contribution in [0.2, 0.25) is 0 Å². The van der Waals surface area contributed by atoms with Gasteiger partial charge in [-0.05, 0) is 0 Å². The summed E-state index contributed by atoms with van der Waals surface area (Å²) in [6, 6.07) is 0. The molecule has 3 radical (unpaired) electrons. The van der Waals surface area contributed by atoms with E-state index in [1.165, 1.54) is 0 Å². The van der Waals surface area contributed by atoms with Crippen molar-refractivity contribution >= 4 is 39.6 Å². The SMILES string of the molecule is [Ir+4].[Ir+4].[Ir+4].[P-3].[P-3].[P-3].[P-3]. The van der Waals surface area contributed by atoms with E-state index in [-0.39, 0.29) is 99.9 Å². The predicted octanol–water partition coefficient (Wildman–Crippen LogP) is 3.44. The van der Waals surface area contributed by atoms with Crippen molar-refractivity contribution < 1.29 is 60.3 Å². The number of rotatable bonds is 0. The van der Waals surface area contributed by atoms with Crippen LogP contribution in [0.25, 0.3) is 0 Å². The molecular formula is Ir3P4. The maximum atomic E-state index is 0. The number of hydrogen-bond acceptors (Lipinski definition) is 0. The van der Waals surface area contributed by atoms with Gasteiger partial charge in [-0.2, -0.15) is 0 Å². The van der Waals surface area contributed by atoms with E-state index < -0.39 is 0 Å². The quantitative estimate of drug-likeness (QED) is 0.340. The Morgan fingerprint density at radius 1 is 0.286 bits per heavy atom.